The molecule has 0 saturated carbocycles. The summed E-state index contributed by atoms with van der Waals surface area (Å²) < 4.78 is 13.1. The number of aryl methyl sites for hydroxylation is 2. The monoisotopic (exact) mass is 331 g/mol. The standard InChI is InChI=1S/C19H19ClFNO/c1-12(14-7-6-13-4-2-3-5-15(13)10-14)22-19(23)17-9-8-16(21)11-18(17)20/h6-12H,2-5H2,1H3,(H,22,23). The molecule has 0 aliphatic heterocycles. The quantitative estimate of drug-likeness (QED) is 0.856. The molecule has 2 nitrogen and oxygen atoms in total. The third-order valence-corrected chi connectivity index (χ3v) is 4.71. The van der Waals surface area contributed by atoms with Gasteiger partial charge >= 0.3 is 0 Å². The third-order valence-electron chi connectivity index (χ3n) is 4.40. The van der Waals surface area contributed by atoms with Crippen molar-refractivity contribution in [3.05, 3.63) is 69.5 Å². The minimum Gasteiger partial charge on any atom is -0.345 e. The number of carbonyl (C=O) groups excluding carboxylic acids is 1. The van der Waals surface area contributed by atoms with Crippen molar-refractivity contribution < 1.29 is 9.18 Å². The first-order chi connectivity index (χ1) is 11.0. The average molecular weight is 332 g/mol. The molecule has 1 atom stereocenters. The second kappa shape index (κ2) is 6.71. The lowest BCUT2D eigenvalue weighted by atomic mass is 9.89. The maximum Gasteiger partial charge on any atom is 0.253 e. The fraction of sp³-hybridized carbons (Fsp3) is 0.316. The molecule has 23 heavy (non-hydrogen) atoms. The zero-order valence-corrected chi connectivity index (χ0v) is 13.8. The van der Waals surface area contributed by atoms with Gasteiger partial charge in [0.2, 0.25) is 0 Å². The van der Waals surface area contributed by atoms with Crippen LogP contribution in [-0.4, -0.2) is 5.91 Å². The van der Waals surface area contributed by atoms with Gasteiger partial charge in [-0.25, -0.2) is 4.39 Å². The molecule has 0 fully saturated rings. The smallest absolute Gasteiger partial charge is 0.253 e. The predicted molar refractivity (Wildman–Crippen MR) is 90.4 cm³/mol. The third kappa shape index (κ3) is 3.56. The lowest BCUT2D eigenvalue weighted by Crippen LogP contribution is -2.27. The second-order valence-corrected chi connectivity index (χ2v) is 6.46. The second-order valence-electron chi connectivity index (χ2n) is 6.05. The average Bonchev–Trinajstić information content (AvgIpc) is 2.54. The van der Waals surface area contributed by atoms with E-state index in [1.165, 1.54) is 36.1 Å². The first-order valence-electron chi connectivity index (χ1n) is 7.92. The Kier molecular flexibility index (Phi) is 4.67. The Bertz CT molecular complexity index is 744. The highest BCUT2D eigenvalue weighted by Gasteiger charge is 2.16. The summed E-state index contributed by atoms with van der Waals surface area (Å²) in [5.41, 5.74) is 4.17. The van der Waals surface area contributed by atoms with E-state index < -0.39 is 5.82 Å². The van der Waals surface area contributed by atoms with Gasteiger partial charge in [0.1, 0.15) is 5.82 Å². The Morgan fingerprint density at radius 1 is 1.13 bits per heavy atom. The number of rotatable bonds is 3. The Morgan fingerprint density at radius 2 is 1.87 bits per heavy atom. The minimum absolute atomic E-state index is 0.125. The molecule has 2 aromatic carbocycles. The van der Waals surface area contributed by atoms with Crippen LogP contribution in [0.15, 0.2) is 36.4 Å². The number of benzene rings is 2. The highest BCUT2D eigenvalue weighted by atomic mass is 35.5. The molecule has 0 radical (unpaired) electrons. The number of hydrogen-bond donors (Lipinski definition) is 1. The Morgan fingerprint density at radius 3 is 2.61 bits per heavy atom. The van der Waals surface area contributed by atoms with Crippen LogP contribution < -0.4 is 5.32 Å². The number of amides is 1. The number of fused-ring (bicyclic) bond motifs is 1. The SMILES string of the molecule is CC(NC(=O)c1ccc(F)cc1Cl)c1ccc2c(c1)CCCC2. The Labute approximate surface area is 140 Å². The van der Waals surface area contributed by atoms with E-state index in [1.807, 2.05) is 6.92 Å². The summed E-state index contributed by atoms with van der Waals surface area (Å²) >= 11 is 5.95. The van der Waals surface area contributed by atoms with Gasteiger partial charge in [-0.3, -0.25) is 4.79 Å². The summed E-state index contributed by atoms with van der Waals surface area (Å²) in [6, 6.07) is 10.1. The number of halogens is 2. The fourth-order valence-electron chi connectivity index (χ4n) is 3.05. The first-order valence-corrected chi connectivity index (χ1v) is 8.30. The maximum absolute atomic E-state index is 13.1. The highest BCUT2D eigenvalue weighted by Crippen LogP contribution is 2.25. The molecule has 0 aromatic heterocycles. The molecule has 1 amide bonds. The van der Waals surface area contributed by atoms with Crippen molar-refractivity contribution in [1.82, 2.24) is 5.32 Å². The maximum atomic E-state index is 13.1. The summed E-state index contributed by atoms with van der Waals surface area (Å²) in [4.78, 5) is 12.3. The van der Waals surface area contributed by atoms with Crippen LogP contribution in [0.5, 0.6) is 0 Å². The van der Waals surface area contributed by atoms with Crippen LogP contribution in [0.25, 0.3) is 0 Å². The van der Waals surface area contributed by atoms with Gasteiger partial charge < -0.3 is 5.32 Å². The molecule has 4 heteroatoms. The normalized spacial score (nSPS) is 14.9. The number of carbonyl (C=O) groups is 1. The molecule has 1 N–H and O–H groups in total. The number of hydrogen-bond acceptors (Lipinski definition) is 1. The summed E-state index contributed by atoms with van der Waals surface area (Å²) in [5, 5.41) is 3.06. The van der Waals surface area contributed by atoms with Crippen molar-refractivity contribution in [3.8, 4) is 0 Å². The molecule has 0 heterocycles. The molecular formula is C19H19ClFNO. The Balaban J connectivity index is 1.76. The number of nitrogens with one attached hydrogen (secondary N) is 1. The van der Waals surface area contributed by atoms with Crippen LogP contribution in [0.4, 0.5) is 4.39 Å². The highest BCUT2D eigenvalue weighted by molar-refractivity contribution is 6.33. The van der Waals surface area contributed by atoms with Crippen molar-refractivity contribution in [1.29, 1.82) is 0 Å². The van der Waals surface area contributed by atoms with E-state index in [1.54, 1.807) is 0 Å². The molecule has 1 aliphatic rings. The molecule has 0 spiro atoms. The van der Waals surface area contributed by atoms with Crippen molar-refractivity contribution in [2.75, 3.05) is 0 Å². The summed E-state index contributed by atoms with van der Waals surface area (Å²) in [5.74, 6) is -0.741. The molecule has 120 valence electrons. The molecule has 3 rings (SSSR count). The summed E-state index contributed by atoms with van der Waals surface area (Å²) in [6.07, 6.45) is 4.72. The van der Waals surface area contributed by atoms with Crippen LogP contribution in [0.1, 0.15) is 52.9 Å². The minimum atomic E-state index is -0.450. The van der Waals surface area contributed by atoms with Crippen molar-refractivity contribution >= 4 is 17.5 Å². The van der Waals surface area contributed by atoms with Crippen LogP contribution in [0.3, 0.4) is 0 Å². The van der Waals surface area contributed by atoms with Crippen molar-refractivity contribution in [2.45, 2.75) is 38.6 Å². The van der Waals surface area contributed by atoms with E-state index in [2.05, 4.69) is 23.5 Å². The topological polar surface area (TPSA) is 29.1 Å². The van der Waals surface area contributed by atoms with Crippen LogP contribution >= 0.6 is 11.6 Å². The first kappa shape index (κ1) is 16.0. The zero-order chi connectivity index (χ0) is 16.4. The molecule has 1 unspecified atom stereocenters. The van der Waals surface area contributed by atoms with E-state index >= 15 is 0 Å². The van der Waals surface area contributed by atoms with Crippen LogP contribution in [0.2, 0.25) is 5.02 Å². The molecule has 0 saturated heterocycles. The van der Waals surface area contributed by atoms with E-state index in [0.717, 1.165) is 24.5 Å². The molecular weight excluding hydrogens is 313 g/mol. The van der Waals surface area contributed by atoms with E-state index in [9.17, 15) is 9.18 Å². The Hall–Kier alpha value is -1.87. The summed E-state index contributed by atoms with van der Waals surface area (Å²) in [7, 11) is 0. The lowest BCUT2D eigenvalue weighted by Gasteiger charge is -2.20. The molecule has 0 bridgehead atoms. The lowest BCUT2D eigenvalue weighted by molar-refractivity contribution is 0.0940. The molecule has 1 aliphatic carbocycles. The largest absolute Gasteiger partial charge is 0.345 e. The van der Waals surface area contributed by atoms with Crippen LogP contribution in [0, 0.1) is 5.82 Å². The van der Waals surface area contributed by atoms with Gasteiger partial charge in [0.15, 0.2) is 0 Å². The van der Waals surface area contributed by atoms with Crippen LogP contribution in [-0.2, 0) is 12.8 Å². The fourth-order valence-corrected chi connectivity index (χ4v) is 3.31. The van der Waals surface area contributed by atoms with Gasteiger partial charge in [-0.05, 0) is 67.5 Å². The zero-order valence-electron chi connectivity index (χ0n) is 13.0. The van der Waals surface area contributed by atoms with Gasteiger partial charge in [0, 0.05) is 0 Å². The van der Waals surface area contributed by atoms with Gasteiger partial charge in [-0.15, -0.1) is 0 Å². The predicted octanol–water partition coefficient (Wildman–Crippen LogP) is 4.85. The van der Waals surface area contributed by atoms with Crippen molar-refractivity contribution in [2.24, 2.45) is 0 Å². The van der Waals surface area contributed by atoms with E-state index in [4.69, 9.17) is 11.6 Å². The van der Waals surface area contributed by atoms with Gasteiger partial charge in [-0.1, -0.05) is 29.8 Å². The van der Waals surface area contributed by atoms with E-state index in [-0.39, 0.29) is 22.5 Å². The van der Waals surface area contributed by atoms with Gasteiger partial charge in [0.25, 0.3) is 5.91 Å². The molecule has 2 aromatic rings. The van der Waals surface area contributed by atoms with Crippen molar-refractivity contribution in [3.63, 3.8) is 0 Å². The summed E-state index contributed by atoms with van der Waals surface area (Å²) in [6.45, 7) is 1.94. The van der Waals surface area contributed by atoms with E-state index in [0.29, 0.717) is 0 Å². The van der Waals surface area contributed by atoms with Gasteiger partial charge in [-0.2, -0.15) is 0 Å². The van der Waals surface area contributed by atoms with Gasteiger partial charge in [0.05, 0.1) is 16.6 Å².